The normalized spacial score (nSPS) is 16.9. The zero-order valence-electron chi connectivity index (χ0n) is 17.2. The summed E-state index contributed by atoms with van der Waals surface area (Å²) >= 11 is 0. The van der Waals surface area contributed by atoms with Crippen molar-refractivity contribution in [1.29, 1.82) is 0 Å². The van der Waals surface area contributed by atoms with Gasteiger partial charge in [0, 0.05) is 12.6 Å². The average Bonchev–Trinajstić information content (AvgIpc) is 2.99. The summed E-state index contributed by atoms with van der Waals surface area (Å²) in [5.74, 6) is 1.23. The van der Waals surface area contributed by atoms with E-state index in [-0.39, 0.29) is 17.5 Å². The Morgan fingerprint density at radius 3 is 2.63 bits per heavy atom. The van der Waals surface area contributed by atoms with Crippen LogP contribution in [0, 0.1) is 6.92 Å². The molecule has 1 amide bonds. The minimum Gasteiger partial charge on any atom is -0.497 e. The van der Waals surface area contributed by atoms with Crippen LogP contribution < -0.4 is 10.3 Å². The van der Waals surface area contributed by atoms with E-state index < -0.39 is 0 Å². The van der Waals surface area contributed by atoms with Crippen molar-refractivity contribution in [3.05, 3.63) is 69.8 Å². The zero-order valence-corrected chi connectivity index (χ0v) is 17.2. The topological polar surface area (TPSA) is 93.1 Å². The van der Waals surface area contributed by atoms with Gasteiger partial charge in [0.25, 0.3) is 11.5 Å². The Hall–Kier alpha value is -3.42. The second-order valence-corrected chi connectivity index (χ2v) is 7.47. The molecule has 3 aromatic rings. The lowest BCUT2D eigenvalue weighted by molar-refractivity contribution is 0.0680. The van der Waals surface area contributed by atoms with Crippen LogP contribution >= 0.6 is 0 Å². The average molecular weight is 407 g/mol. The second-order valence-electron chi connectivity index (χ2n) is 7.47. The van der Waals surface area contributed by atoms with Crippen molar-refractivity contribution >= 4 is 5.91 Å². The first-order valence-corrected chi connectivity index (χ1v) is 10.1. The molecule has 1 atom stereocenters. The van der Waals surface area contributed by atoms with Gasteiger partial charge in [0.1, 0.15) is 5.75 Å². The highest BCUT2D eigenvalue weighted by Crippen LogP contribution is 2.32. The van der Waals surface area contributed by atoms with E-state index in [9.17, 15) is 9.59 Å². The van der Waals surface area contributed by atoms with Gasteiger partial charge in [-0.3, -0.25) is 9.59 Å². The molecule has 1 N–H and O–H groups in total. The summed E-state index contributed by atoms with van der Waals surface area (Å²) < 4.78 is 6.85. The van der Waals surface area contributed by atoms with Gasteiger partial charge in [-0.25, -0.2) is 9.78 Å². The molecule has 1 aliphatic heterocycles. The van der Waals surface area contributed by atoms with E-state index in [1.165, 1.54) is 6.07 Å². The molecular formula is C22H25N5O3. The zero-order chi connectivity index (χ0) is 21.1. The lowest BCUT2D eigenvalue weighted by Crippen LogP contribution is -2.35. The summed E-state index contributed by atoms with van der Waals surface area (Å²) in [5, 5.41) is 10.8. The van der Waals surface area contributed by atoms with Crippen LogP contribution in [0.15, 0.2) is 47.4 Å². The molecule has 30 heavy (non-hydrogen) atoms. The van der Waals surface area contributed by atoms with Crippen molar-refractivity contribution in [2.45, 2.75) is 38.6 Å². The molecule has 0 radical (unpaired) electrons. The van der Waals surface area contributed by atoms with Crippen molar-refractivity contribution in [3.63, 3.8) is 0 Å². The molecule has 4 rings (SSSR count). The molecule has 1 aromatic carbocycles. The highest BCUT2D eigenvalue weighted by molar-refractivity contribution is 5.95. The van der Waals surface area contributed by atoms with Gasteiger partial charge in [-0.05, 0) is 43.5 Å². The fourth-order valence-electron chi connectivity index (χ4n) is 3.98. The lowest BCUT2D eigenvalue weighted by atomic mass is 10.00. The minimum absolute atomic E-state index is 0.0138. The second kappa shape index (κ2) is 8.52. The SMILES string of the molecule is COc1ccc(C2CCCCCN2C(=O)c2cnn(-c3ccc(=O)[nH]n3)c2C)cc1. The number of ether oxygens (including phenoxy) is 1. The van der Waals surface area contributed by atoms with Gasteiger partial charge in [0.15, 0.2) is 5.82 Å². The number of hydrogen-bond acceptors (Lipinski definition) is 5. The number of nitrogens with one attached hydrogen (secondary N) is 1. The maximum absolute atomic E-state index is 13.5. The number of likely N-dealkylation sites (tertiary alicyclic amines) is 1. The predicted molar refractivity (Wildman–Crippen MR) is 112 cm³/mol. The molecule has 0 saturated carbocycles. The highest BCUT2D eigenvalue weighted by Gasteiger charge is 2.29. The molecule has 3 heterocycles. The molecule has 1 aliphatic rings. The number of carbonyl (C=O) groups excluding carboxylic acids is 1. The third-order valence-electron chi connectivity index (χ3n) is 5.64. The number of aromatic amines is 1. The van der Waals surface area contributed by atoms with Crippen LogP contribution in [0.25, 0.3) is 5.82 Å². The van der Waals surface area contributed by atoms with E-state index in [4.69, 9.17) is 4.74 Å². The van der Waals surface area contributed by atoms with Crippen LogP contribution in [0.5, 0.6) is 5.75 Å². The van der Waals surface area contributed by atoms with Crippen molar-refractivity contribution in [3.8, 4) is 11.6 Å². The Balaban J connectivity index is 1.65. The Bertz CT molecular complexity index is 1070. The number of methoxy groups -OCH3 is 1. The van der Waals surface area contributed by atoms with Gasteiger partial charge in [-0.2, -0.15) is 10.2 Å². The first-order chi connectivity index (χ1) is 14.6. The Labute approximate surface area is 174 Å². The van der Waals surface area contributed by atoms with Gasteiger partial charge in [0.2, 0.25) is 0 Å². The van der Waals surface area contributed by atoms with E-state index in [0.29, 0.717) is 23.6 Å². The third kappa shape index (κ3) is 3.85. The van der Waals surface area contributed by atoms with Crippen LogP contribution in [0.1, 0.15) is 53.3 Å². The monoisotopic (exact) mass is 407 g/mol. The van der Waals surface area contributed by atoms with E-state index in [1.54, 1.807) is 24.1 Å². The summed E-state index contributed by atoms with van der Waals surface area (Å²) in [6, 6.07) is 10.9. The molecule has 1 fully saturated rings. The van der Waals surface area contributed by atoms with Crippen LogP contribution in [0.3, 0.4) is 0 Å². The maximum atomic E-state index is 13.5. The first kappa shape index (κ1) is 19.9. The molecule has 156 valence electrons. The first-order valence-electron chi connectivity index (χ1n) is 10.1. The smallest absolute Gasteiger partial charge is 0.264 e. The lowest BCUT2D eigenvalue weighted by Gasteiger charge is -2.30. The number of H-pyrrole nitrogens is 1. The molecular weight excluding hydrogens is 382 g/mol. The standard InChI is InChI=1S/C22H25N5O3/c1-15-18(14-23-27(15)20-11-12-21(28)25-24-20)22(29)26-13-5-3-4-6-19(26)16-7-9-17(30-2)10-8-16/h7-12,14,19H,3-6,13H2,1-2H3,(H,25,28). The number of amides is 1. The molecule has 0 aliphatic carbocycles. The molecule has 1 saturated heterocycles. The maximum Gasteiger partial charge on any atom is 0.264 e. The number of rotatable bonds is 4. The van der Waals surface area contributed by atoms with Crippen LogP contribution in [0.2, 0.25) is 0 Å². The molecule has 0 spiro atoms. The summed E-state index contributed by atoms with van der Waals surface area (Å²) in [6.45, 7) is 2.55. The van der Waals surface area contributed by atoms with Crippen LogP contribution in [-0.2, 0) is 0 Å². The number of carbonyl (C=O) groups is 1. The Morgan fingerprint density at radius 2 is 1.93 bits per heavy atom. The van der Waals surface area contributed by atoms with E-state index in [1.807, 2.05) is 36.1 Å². The van der Waals surface area contributed by atoms with E-state index in [0.717, 1.165) is 37.0 Å². The molecule has 2 aromatic heterocycles. The molecule has 8 heteroatoms. The number of aromatic nitrogens is 4. The summed E-state index contributed by atoms with van der Waals surface area (Å²) in [7, 11) is 1.65. The van der Waals surface area contributed by atoms with E-state index >= 15 is 0 Å². The van der Waals surface area contributed by atoms with Crippen molar-refractivity contribution in [2.75, 3.05) is 13.7 Å². The van der Waals surface area contributed by atoms with Gasteiger partial charge in [-0.1, -0.05) is 25.0 Å². The van der Waals surface area contributed by atoms with Gasteiger partial charge < -0.3 is 9.64 Å². The minimum atomic E-state index is -0.285. The quantitative estimate of drug-likeness (QED) is 0.718. The molecule has 0 bridgehead atoms. The largest absolute Gasteiger partial charge is 0.497 e. The van der Waals surface area contributed by atoms with Gasteiger partial charge in [0.05, 0.1) is 30.6 Å². The van der Waals surface area contributed by atoms with Gasteiger partial charge in [-0.15, -0.1) is 0 Å². The fourth-order valence-corrected chi connectivity index (χ4v) is 3.98. The van der Waals surface area contributed by atoms with E-state index in [2.05, 4.69) is 15.3 Å². The Morgan fingerprint density at radius 1 is 1.13 bits per heavy atom. The highest BCUT2D eigenvalue weighted by atomic mass is 16.5. The summed E-state index contributed by atoms with van der Waals surface area (Å²) in [6.07, 6.45) is 5.68. The Kier molecular flexibility index (Phi) is 5.65. The molecule has 1 unspecified atom stereocenters. The van der Waals surface area contributed by atoms with Gasteiger partial charge >= 0.3 is 0 Å². The summed E-state index contributed by atoms with van der Waals surface area (Å²) in [4.78, 5) is 26.8. The summed E-state index contributed by atoms with van der Waals surface area (Å²) in [5.41, 5.74) is 2.06. The van der Waals surface area contributed by atoms with Crippen LogP contribution in [0.4, 0.5) is 0 Å². The number of hydrogen-bond donors (Lipinski definition) is 1. The van der Waals surface area contributed by atoms with Crippen molar-refractivity contribution < 1.29 is 9.53 Å². The van der Waals surface area contributed by atoms with Crippen molar-refractivity contribution in [2.24, 2.45) is 0 Å². The number of benzene rings is 1. The fraction of sp³-hybridized carbons (Fsp3) is 0.364. The van der Waals surface area contributed by atoms with Crippen molar-refractivity contribution in [1.82, 2.24) is 24.9 Å². The third-order valence-corrected chi connectivity index (χ3v) is 5.64. The van der Waals surface area contributed by atoms with Crippen LogP contribution in [-0.4, -0.2) is 44.4 Å². The predicted octanol–water partition coefficient (Wildman–Crippen LogP) is 3.03. The molecule has 8 nitrogen and oxygen atoms in total. The number of nitrogens with zero attached hydrogens (tertiary/aromatic N) is 4.